The number of hydrogen-bond donors (Lipinski definition) is 0. The molecule has 1 aliphatic heterocycles. The van der Waals surface area contributed by atoms with E-state index in [1.165, 1.54) is 22.7 Å². The predicted octanol–water partition coefficient (Wildman–Crippen LogP) is 3.36. The van der Waals surface area contributed by atoms with E-state index < -0.39 is 10.0 Å². The van der Waals surface area contributed by atoms with Crippen molar-refractivity contribution in [3.63, 3.8) is 0 Å². The van der Waals surface area contributed by atoms with Crippen molar-refractivity contribution in [2.45, 2.75) is 31.7 Å². The van der Waals surface area contributed by atoms with Crippen LogP contribution in [0.3, 0.4) is 0 Å². The van der Waals surface area contributed by atoms with E-state index in [2.05, 4.69) is 5.16 Å². The lowest BCUT2D eigenvalue weighted by molar-refractivity contribution is 0.260. The molecule has 5 nitrogen and oxygen atoms in total. The van der Waals surface area contributed by atoms with Gasteiger partial charge in [-0.05, 0) is 37.1 Å². The highest BCUT2D eigenvalue weighted by molar-refractivity contribution is 7.88. The van der Waals surface area contributed by atoms with Crippen molar-refractivity contribution in [2.24, 2.45) is 0 Å². The first-order valence-corrected chi connectivity index (χ1v) is 9.49. The highest BCUT2D eigenvalue weighted by Gasteiger charge is 2.32. The Morgan fingerprint density at radius 3 is 2.65 bits per heavy atom. The lowest BCUT2D eigenvalue weighted by Crippen LogP contribution is -2.33. The summed E-state index contributed by atoms with van der Waals surface area (Å²) in [7, 11) is -3.31. The molecule has 1 saturated heterocycles. The van der Waals surface area contributed by atoms with Gasteiger partial charge in [-0.2, -0.15) is 4.31 Å². The summed E-state index contributed by atoms with van der Waals surface area (Å²) in [4.78, 5) is 0. The van der Waals surface area contributed by atoms with Crippen LogP contribution in [0.25, 0.3) is 11.3 Å². The number of rotatable bonds is 3. The van der Waals surface area contributed by atoms with Gasteiger partial charge in [-0.3, -0.25) is 0 Å². The molecule has 0 radical (unpaired) electrons. The molecule has 2 aromatic rings. The standard InChI is InChI=1S/C16H19FN2O3S/c1-23(20,21)19-10-4-2-3-5-15(19)16-11-14(18-22-16)12-6-8-13(17)9-7-12/h6-9,11,15H,2-5,10H2,1H3/t15-/m0/s1. The average Bonchev–Trinajstić information content (AvgIpc) is 2.84. The predicted molar refractivity (Wildman–Crippen MR) is 84.7 cm³/mol. The van der Waals surface area contributed by atoms with Crippen LogP contribution in [0.4, 0.5) is 4.39 Å². The summed E-state index contributed by atoms with van der Waals surface area (Å²) in [5.74, 6) is 0.223. The van der Waals surface area contributed by atoms with Gasteiger partial charge in [0.2, 0.25) is 10.0 Å². The van der Waals surface area contributed by atoms with Crippen molar-refractivity contribution < 1.29 is 17.3 Å². The number of hydrogen-bond acceptors (Lipinski definition) is 4. The molecule has 3 rings (SSSR count). The summed E-state index contributed by atoms with van der Waals surface area (Å²) in [6.45, 7) is 0.496. The molecule has 0 spiro atoms. The maximum Gasteiger partial charge on any atom is 0.211 e. The average molecular weight is 338 g/mol. The Morgan fingerprint density at radius 2 is 1.96 bits per heavy atom. The van der Waals surface area contributed by atoms with Gasteiger partial charge in [0.25, 0.3) is 0 Å². The fraction of sp³-hybridized carbons (Fsp3) is 0.438. The van der Waals surface area contributed by atoms with Gasteiger partial charge in [0, 0.05) is 18.2 Å². The molecule has 0 bridgehead atoms. The van der Waals surface area contributed by atoms with Gasteiger partial charge in [0.1, 0.15) is 11.5 Å². The summed E-state index contributed by atoms with van der Waals surface area (Å²) in [6, 6.07) is 7.39. The van der Waals surface area contributed by atoms with E-state index in [1.54, 1.807) is 18.2 Å². The Balaban J connectivity index is 1.92. The van der Waals surface area contributed by atoms with Crippen LogP contribution in [0.2, 0.25) is 0 Å². The zero-order valence-corrected chi connectivity index (χ0v) is 13.7. The highest BCUT2D eigenvalue weighted by Crippen LogP contribution is 2.33. The molecule has 0 unspecified atom stereocenters. The van der Waals surface area contributed by atoms with Crippen LogP contribution in [0, 0.1) is 5.82 Å². The molecule has 1 atom stereocenters. The highest BCUT2D eigenvalue weighted by atomic mass is 32.2. The third kappa shape index (κ3) is 3.61. The Morgan fingerprint density at radius 1 is 1.22 bits per heavy atom. The fourth-order valence-electron chi connectivity index (χ4n) is 2.97. The first-order chi connectivity index (χ1) is 10.9. The van der Waals surface area contributed by atoms with Crippen LogP contribution in [0.1, 0.15) is 37.5 Å². The van der Waals surface area contributed by atoms with Gasteiger partial charge in [0.05, 0.1) is 12.3 Å². The molecule has 7 heteroatoms. The SMILES string of the molecule is CS(=O)(=O)N1CCCCC[C@H]1c1cc(-c2ccc(F)cc2)no1. The van der Waals surface area contributed by atoms with Crippen LogP contribution in [-0.2, 0) is 10.0 Å². The topological polar surface area (TPSA) is 63.4 Å². The number of halogens is 1. The maximum absolute atomic E-state index is 13.0. The molecule has 2 heterocycles. The van der Waals surface area contributed by atoms with E-state index in [9.17, 15) is 12.8 Å². The Bertz CT molecular complexity index is 771. The van der Waals surface area contributed by atoms with Gasteiger partial charge in [-0.15, -0.1) is 0 Å². The smallest absolute Gasteiger partial charge is 0.211 e. The third-order valence-corrected chi connectivity index (χ3v) is 5.42. The van der Waals surface area contributed by atoms with Crippen LogP contribution in [0.5, 0.6) is 0 Å². The minimum absolute atomic E-state index is 0.315. The number of nitrogens with zero attached hydrogens (tertiary/aromatic N) is 2. The number of sulfonamides is 1. The summed E-state index contributed by atoms with van der Waals surface area (Å²) >= 11 is 0. The van der Waals surface area contributed by atoms with Crippen LogP contribution < -0.4 is 0 Å². The van der Waals surface area contributed by atoms with Crippen molar-refractivity contribution in [3.05, 3.63) is 41.9 Å². The van der Waals surface area contributed by atoms with Gasteiger partial charge < -0.3 is 4.52 Å². The largest absolute Gasteiger partial charge is 0.359 e. The van der Waals surface area contributed by atoms with E-state index in [0.717, 1.165) is 24.8 Å². The minimum atomic E-state index is -3.31. The summed E-state index contributed by atoms with van der Waals surface area (Å²) in [6.07, 6.45) is 4.74. The quantitative estimate of drug-likeness (QED) is 0.861. The normalized spacial score (nSPS) is 20.3. The van der Waals surface area contributed by atoms with Crippen LogP contribution >= 0.6 is 0 Å². The van der Waals surface area contributed by atoms with E-state index >= 15 is 0 Å². The van der Waals surface area contributed by atoms with E-state index in [-0.39, 0.29) is 11.9 Å². The molecule has 1 aromatic carbocycles. The summed E-state index contributed by atoms with van der Waals surface area (Å²) in [5, 5.41) is 4.02. The molecular weight excluding hydrogens is 319 g/mol. The van der Waals surface area contributed by atoms with Crippen molar-refractivity contribution in [1.82, 2.24) is 9.46 Å². The molecule has 0 amide bonds. The molecule has 1 aliphatic rings. The van der Waals surface area contributed by atoms with Crippen molar-refractivity contribution in [1.29, 1.82) is 0 Å². The Labute approximate surface area is 135 Å². The molecule has 0 saturated carbocycles. The van der Waals surface area contributed by atoms with Gasteiger partial charge in [0.15, 0.2) is 5.76 Å². The molecule has 1 fully saturated rings. The zero-order chi connectivity index (χ0) is 16.4. The van der Waals surface area contributed by atoms with E-state index in [0.29, 0.717) is 24.4 Å². The summed E-state index contributed by atoms with van der Waals surface area (Å²) < 4.78 is 44.0. The second-order valence-electron chi connectivity index (χ2n) is 5.86. The lowest BCUT2D eigenvalue weighted by Gasteiger charge is -2.25. The molecule has 1 aromatic heterocycles. The van der Waals surface area contributed by atoms with Crippen molar-refractivity contribution >= 4 is 10.0 Å². The van der Waals surface area contributed by atoms with Crippen LogP contribution in [0.15, 0.2) is 34.9 Å². The summed E-state index contributed by atoms with van der Waals surface area (Å²) in [5.41, 5.74) is 1.32. The van der Waals surface area contributed by atoms with Gasteiger partial charge in [-0.25, -0.2) is 12.8 Å². The monoisotopic (exact) mass is 338 g/mol. The van der Waals surface area contributed by atoms with E-state index in [4.69, 9.17) is 4.52 Å². The zero-order valence-electron chi connectivity index (χ0n) is 12.9. The minimum Gasteiger partial charge on any atom is -0.359 e. The first-order valence-electron chi connectivity index (χ1n) is 7.64. The molecule has 124 valence electrons. The maximum atomic E-state index is 13.0. The Kier molecular flexibility index (Phi) is 4.50. The second kappa shape index (κ2) is 6.41. The second-order valence-corrected chi connectivity index (χ2v) is 7.80. The van der Waals surface area contributed by atoms with Gasteiger partial charge >= 0.3 is 0 Å². The molecular formula is C16H19FN2O3S. The number of benzene rings is 1. The third-order valence-electron chi connectivity index (χ3n) is 4.13. The van der Waals surface area contributed by atoms with E-state index in [1.807, 2.05) is 0 Å². The fourth-order valence-corrected chi connectivity index (χ4v) is 4.10. The van der Waals surface area contributed by atoms with Gasteiger partial charge in [-0.1, -0.05) is 18.0 Å². The first kappa shape index (κ1) is 16.1. The lowest BCUT2D eigenvalue weighted by atomic mass is 10.1. The van der Waals surface area contributed by atoms with Crippen LogP contribution in [-0.4, -0.2) is 30.7 Å². The Hall–Kier alpha value is -1.73. The number of aromatic nitrogens is 1. The van der Waals surface area contributed by atoms with Crippen molar-refractivity contribution in [3.8, 4) is 11.3 Å². The molecule has 0 N–H and O–H groups in total. The molecule has 0 aliphatic carbocycles. The molecule has 23 heavy (non-hydrogen) atoms. The van der Waals surface area contributed by atoms with Crippen molar-refractivity contribution in [2.75, 3.05) is 12.8 Å².